The van der Waals surface area contributed by atoms with Crippen molar-refractivity contribution >= 4 is 17.6 Å². The van der Waals surface area contributed by atoms with Crippen molar-refractivity contribution in [2.75, 3.05) is 11.9 Å². The van der Waals surface area contributed by atoms with Crippen molar-refractivity contribution in [2.24, 2.45) is 0 Å². The van der Waals surface area contributed by atoms with Gasteiger partial charge in [0.05, 0.1) is 19.3 Å². The van der Waals surface area contributed by atoms with E-state index in [0.29, 0.717) is 12.8 Å². The van der Waals surface area contributed by atoms with Crippen LogP contribution in [0, 0.1) is 11.3 Å². The van der Waals surface area contributed by atoms with Gasteiger partial charge in [-0.25, -0.2) is 4.68 Å². The lowest BCUT2D eigenvalue weighted by Crippen LogP contribution is -2.38. The van der Waals surface area contributed by atoms with E-state index in [1.807, 2.05) is 6.07 Å². The summed E-state index contributed by atoms with van der Waals surface area (Å²) in [6, 6.07) is 1.33. The quantitative estimate of drug-likeness (QED) is 0.641. The lowest BCUT2D eigenvalue weighted by molar-refractivity contribution is -0.122. The molecule has 8 heteroatoms. The third kappa shape index (κ3) is 2.71. The first-order chi connectivity index (χ1) is 9.15. The number of aromatic nitrogens is 2. The second-order valence-corrected chi connectivity index (χ2v) is 4.11. The third-order valence-corrected chi connectivity index (χ3v) is 2.83. The molecule has 0 saturated carbocycles. The number of carbonyl (C=O) groups is 2. The molecule has 1 aromatic rings. The number of amides is 2. The third-order valence-electron chi connectivity index (χ3n) is 2.83. The molecule has 2 rings (SSSR count). The van der Waals surface area contributed by atoms with Gasteiger partial charge in [0.25, 0.3) is 0 Å². The highest BCUT2D eigenvalue weighted by Gasteiger charge is 2.28. The van der Waals surface area contributed by atoms with Crippen molar-refractivity contribution in [1.82, 2.24) is 15.1 Å². The van der Waals surface area contributed by atoms with Gasteiger partial charge in [-0.2, -0.15) is 10.4 Å². The Morgan fingerprint density at radius 2 is 2.53 bits per heavy atom. The van der Waals surface area contributed by atoms with Crippen LogP contribution in [0.4, 0.5) is 5.82 Å². The van der Waals surface area contributed by atoms with Gasteiger partial charge in [-0.3, -0.25) is 9.59 Å². The smallest absolute Gasteiger partial charge is 0.248 e. The van der Waals surface area contributed by atoms with Crippen LogP contribution in [0.1, 0.15) is 18.4 Å². The second kappa shape index (κ2) is 5.49. The van der Waals surface area contributed by atoms with E-state index in [0.717, 1.165) is 0 Å². The van der Waals surface area contributed by atoms with E-state index in [9.17, 15) is 9.59 Å². The zero-order chi connectivity index (χ0) is 13.8. The fraction of sp³-hybridized carbons (Fsp3) is 0.455. The molecule has 1 unspecified atom stereocenters. The largest absolute Gasteiger partial charge is 0.394 e. The van der Waals surface area contributed by atoms with Crippen molar-refractivity contribution in [3.63, 3.8) is 0 Å². The molecule has 0 aliphatic carbocycles. The zero-order valence-electron chi connectivity index (χ0n) is 10.1. The van der Waals surface area contributed by atoms with Gasteiger partial charge >= 0.3 is 0 Å². The molecule has 19 heavy (non-hydrogen) atoms. The van der Waals surface area contributed by atoms with Gasteiger partial charge in [0.15, 0.2) is 0 Å². The number of nitrogens with zero attached hydrogens (tertiary/aromatic N) is 3. The highest BCUT2D eigenvalue weighted by atomic mass is 16.3. The molecule has 1 saturated heterocycles. The van der Waals surface area contributed by atoms with Crippen molar-refractivity contribution in [1.29, 1.82) is 5.26 Å². The van der Waals surface area contributed by atoms with Crippen LogP contribution >= 0.6 is 0 Å². The van der Waals surface area contributed by atoms with Gasteiger partial charge in [-0.15, -0.1) is 0 Å². The van der Waals surface area contributed by atoms with Crippen LogP contribution in [0.5, 0.6) is 0 Å². The second-order valence-electron chi connectivity index (χ2n) is 4.11. The molecule has 1 fully saturated rings. The van der Waals surface area contributed by atoms with E-state index in [1.165, 1.54) is 10.9 Å². The van der Waals surface area contributed by atoms with E-state index >= 15 is 0 Å². The minimum atomic E-state index is -0.587. The SMILES string of the molecule is N#Cc1cnn(CCO)c1NC(=O)C1CCC(=O)N1. The standard InChI is InChI=1S/C11H13N5O3/c12-5-7-6-13-16(3-4-17)10(7)15-11(19)8-1-2-9(18)14-8/h6,8,17H,1-4H2,(H,14,18)(H,15,19). The van der Waals surface area contributed by atoms with Crippen LogP contribution in [-0.2, 0) is 16.1 Å². The zero-order valence-corrected chi connectivity index (χ0v) is 10.1. The van der Waals surface area contributed by atoms with Gasteiger partial charge in [-0.05, 0) is 6.42 Å². The molecule has 0 bridgehead atoms. The number of hydrogen-bond acceptors (Lipinski definition) is 5. The summed E-state index contributed by atoms with van der Waals surface area (Å²) in [5.74, 6) is -0.311. The fourth-order valence-electron chi connectivity index (χ4n) is 1.88. The minimum Gasteiger partial charge on any atom is -0.394 e. The Hall–Kier alpha value is -2.40. The van der Waals surface area contributed by atoms with E-state index in [2.05, 4.69) is 15.7 Å². The number of aliphatic hydroxyl groups is 1. The molecule has 0 aromatic carbocycles. The average molecular weight is 263 g/mol. The maximum Gasteiger partial charge on any atom is 0.248 e. The summed E-state index contributed by atoms with van der Waals surface area (Å²) in [6.07, 6.45) is 2.07. The van der Waals surface area contributed by atoms with Crippen LogP contribution in [-0.4, -0.2) is 39.4 Å². The molecular weight excluding hydrogens is 250 g/mol. The predicted molar refractivity (Wildman–Crippen MR) is 63.8 cm³/mol. The van der Waals surface area contributed by atoms with Crippen molar-refractivity contribution in [3.05, 3.63) is 11.8 Å². The fourth-order valence-corrected chi connectivity index (χ4v) is 1.88. The summed E-state index contributed by atoms with van der Waals surface area (Å²) in [5, 5.41) is 26.8. The molecule has 2 heterocycles. The first-order valence-electron chi connectivity index (χ1n) is 5.82. The Kier molecular flexibility index (Phi) is 3.77. The maximum absolute atomic E-state index is 11.9. The number of nitriles is 1. The highest BCUT2D eigenvalue weighted by Crippen LogP contribution is 2.16. The van der Waals surface area contributed by atoms with E-state index < -0.39 is 6.04 Å². The molecule has 1 aliphatic rings. The van der Waals surface area contributed by atoms with Gasteiger partial charge in [0.1, 0.15) is 23.5 Å². The first kappa shape index (κ1) is 13.0. The Morgan fingerprint density at radius 1 is 1.74 bits per heavy atom. The van der Waals surface area contributed by atoms with E-state index in [1.54, 1.807) is 0 Å². The molecule has 1 atom stereocenters. The predicted octanol–water partition coefficient (Wildman–Crippen LogP) is -1.04. The minimum absolute atomic E-state index is 0.157. The maximum atomic E-state index is 11.9. The molecule has 0 radical (unpaired) electrons. The molecule has 8 nitrogen and oxygen atoms in total. The lowest BCUT2D eigenvalue weighted by atomic mass is 10.2. The van der Waals surface area contributed by atoms with Gasteiger partial charge in [-0.1, -0.05) is 0 Å². The summed E-state index contributed by atoms with van der Waals surface area (Å²) in [7, 11) is 0. The summed E-state index contributed by atoms with van der Waals surface area (Å²) in [4.78, 5) is 23.0. The summed E-state index contributed by atoms with van der Waals surface area (Å²) in [5.41, 5.74) is 0.214. The Balaban J connectivity index is 2.13. The molecule has 1 aromatic heterocycles. The lowest BCUT2D eigenvalue weighted by Gasteiger charge is -2.12. The highest BCUT2D eigenvalue weighted by molar-refractivity contribution is 5.99. The number of rotatable bonds is 4. The van der Waals surface area contributed by atoms with Crippen LogP contribution in [0.25, 0.3) is 0 Å². The molecular formula is C11H13N5O3. The summed E-state index contributed by atoms with van der Waals surface area (Å²) in [6.45, 7) is 0.0178. The van der Waals surface area contributed by atoms with Crippen LogP contribution in [0.2, 0.25) is 0 Å². The molecule has 100 valence electrons. The van der Waals surface area contributed by atoms with E-state index in [-0.39, 0.29) is 36.3 Å². The van der Waals surface area contributed by atoms with Crippen molar-refractivity contribution in [3.8, 4) is 6.07 Å². The van der Waals surface area contributed by atoms with Gasteiger partial charge in [0.2, 0.25) is 11.8 Å². The average Bonchev–Trinajstić information content (AvgIpc) is 2.97. The Morgan fingerprint density at radius 3 is 3.11 bits per heavy atom. The van der Waals surface area contributed by atoms with Crippen LogP contribution < -0.4 is 10.6 Å². The van der Waals surface area contributed by atoms with Crippen LogP contribution in [0.3, 0.4) is 0 Å². The number of hydrogen-bond donors (Lipinski definition) is 3. The molecule has 1 aliphatic heterocycles. The number of anilines is 1. The van der Waals surface area contributed by atoms with Gasteiger partial charge in [0, 0.05) is 6.42 Å². The topological polar surface area (TPSA) is 120 Å². The molecule has 3 N–H and O–H groups in total. The van der Waals surface area contributed by atoms with Crippen molar-refractivity contribution < 1.29 is 14.7 Å². The first-order valence-corrected chi connectivity index (χ1v) is 5.82. The number of carbonyl (C=O) groups excluding carboxylic acids is 2. The van der Waals surface area contributed by atoms with Gasteiger partial charge < -0.3 is 15.7 Å². The number of nitrogens with one attached hydrogen (secondary N) is 2. The van der Waals surface area contributed by atoms with Crippen LogP contribution in [0.15, 0.2) is 6.20 Å². The summed E-state index contributed by atoms with van der Waals surface area (Å²) >= 11 is 0. The molecule has 0 spiro atoms. The monoisotopic (exact) mass is 263 g/mol. The summed E-state index contributed by atoms with van der Waals surface area (Å²) < 4.78 is 1.34. The van der Waals surface area contributed by atoms with Crippen molar-refractivity contribution in [2.45, 2.75) is 25.4 Å². The Bertz CT molecular complexity index is 545. The Labute approximate surface area is 109 Å². The van der Waals surface area contributed by atoms with E-state index in [4.69, 9.17) is 10.4 Å². The normalized spacial score (nSPS) is 17.9. The molecule has 2 amide bonds. The number of aliphatic hydroxyl groups excluding tert-OH is 1.